The zero-order chi connectivity index (χ0) is 24.2. The third kappa shape index (κ3) is 4.36. The van der Waals surface area contributed by atoms with Crippen LogP contribution in [0.25, 0.3) is 0 Å². The highest BCUT2D eigenvalue weighted by atomic mass is 19.1. The van der Waals surface area contributed by atoms with E-state index in [-0.39, 0.29) is 22.8 Å². The Morgan fingerprint density at radius 1 is 1.15 bits per heavy atom. The maximum absolute atomic E-state index is 15.3. The highest BCUT2D eigenvalue weighted by molar-refractivity contribution is 5.97. The van der Waals surface area contributed by atoms with Gasteiger partial charge in [0.1, 0.15) is 17.6 Å². The molecule has 5 nitrogen and oxygen atoms in total. The minimum atomic E-state index is -1.03. The molecule has 1 aromatic rings. The monoisotopic (exact) mass is 469 g/mol. The highest BCUT2D eigenvalue weighted by Gasteiger charge is 2.43. The zero-order valence-corrected chi connectivity index (χ0v) is 20.5. The summed E-state index contributed by atoms with van der Waals surface area (Å²) in [5, 5.41) is 9.55. The molecule has 1 amide bonds. The predicted octanol–water partition coefficient (Wildman–Crippen LogP) is 5.79. The van der Waals surface area contributed by atoms with Crippen molar-refractivity contribution in [3.8, 4) is 5.75 Å². The lowest BCUT2D eigenvalue weighted by Gasteiger charge is -2.46. The number of rotatable bonds is 6. The van der Waals surface area contributed by atoms with Gasteiger partial charge in [0.25, 0.3) is 5.91 Å². The molecule has 0 radical (unpaired) electrons. The van der Waals surface area contributed by atoms with Crippen LogP contribution in [0.5, 0.6) is 5.75 Å². The first-order valence-corrected chi connectivity index (χ1v) is 12.8. The van der Waals surface area contributed by atoms with E-state index in [4.69, 9.17) is 4.74 Å². The molecular formula is C28H36FNO4. The third-order valence-electron chi connectivity index (χ3n) is 8.59. The number of carbonyl (C=O) groups excluding carboxylic acids is 1. The van der Waals surface area contributed by atoms with Crippen LogP contribution in [0.2, 0.25) is 0 Å². The number of benzene rings is 1. The van der Waals surface area contributed by atoms with Crippen LogP contribution in [0.4, 0.5) is 4.39 Å². The van der Waals surface area contributed by atoms with Gasteiger partial charge >= 0.3 is 5.97 Å². The Labute approximate surface area is 201 Å². The van der Waals surface area contributed by atoms with Crippen molar-refractivity contribution in [3.05, 3.63) is 40.7 Å². The topological polar surface area (TPSA) is 66.8 Å². The predicted molar refractivity (Wildman–Crippen MR) is 127 cm³/mol. The zero-order valence-electron chi connectivity index (χ0n) is 20.5. The molecular weight excluding hydrogens is 433 g/mol. The fourth-order valence-corrected chi connectivity index (χ4v) is 6.70. The lowest BCUT2D eigenvalue weighted by molar-refractivity contribution is -0.141. The summed E-state index contributed by atoms with van der Waals surface area (Å²) in [6, 6.07) is 2.12. The summed E-state index contributed by atoms with van der Waals surface area (Å²) in [6.45, 7) is 7.37. The Kier molecular flexibility index (Phi) is 5.97. The van der Waals surface area contributed by atoms with E-state index in [1.54, 1.807) is 6.07 Å². The first kappa shape index (κ1) is 23.4. The highest BCUT2D eigenvalue weighted by Crippen LogP contribution is 2.51. The molecule has 1 aliphatic heterocycles. The van der Waals surface area contributed by atoms with Crippen LogP contribution in [0, 0.1) is 29.0 Å². The van der Waals surface area contributed by atoms with E-state index in [0.29, 0.717) is 37.2 Å². The van der Waals surface area contributed by atoms with Gasteiger partial charge in [0.2, 0.25) is 0 Å². The van der Waals surface area contributed by atoms with Gasteiger partial charge in [-0.05, 0) is 87.2 Å². The summed E-state index contributed by atoms with van der Waals surface area (Å²) in [5.41, 5.74) is 2.44. The molecule has 3 unspecified atom stereocenters. The number of fused-ring (bicyclic) bond motifs is 2. The van der Waals surface area contributed by atoms with Crippen molar-refractivity contribution in [2.45, 2.75) is 77.7 Å². The molecule has 6 heteroatoms. The number of ether oxygens (including phenoxy) is 1. The largest absolute Gasteiger partial charge is 0.493 e. The maximum atomic E-state index is 15.3. The van der Waals surface area contributed by atoms with Gasteiger partial charge in [-0.2, -0.15) is 0 Å². The molecule has 0 aromatic heterocycles. The molecule has 5 atom stereocenters. The van der Waals surface area contributed by atoms with Crippen molar-refractivity contribution in [3.63, 3.8) is 0 Å². The van der Waals surface area contributed by atoms with Gasteiger partial charge in [0.05, 0.1) is 12.2 Å². The first-order valence-electron chi connectivity index (χ1n) is 12.8. The van der Waals surface area contributed by atoms with Gasteiger partial charge in [-0.1, -0.05) is 25.5 Å². The van der Waals surface area contributed by atoms with E-state index >= 15 is 4.39 Å². The van der Waals surface area contributed by atoms with Crippen molar-refractivity contribution in [1.29, 1.82) is 0 Å². The second-order valence-electron chi connectivity index (χ2n) is 11.7. The van der Waals surface area contributed by atoms with Crippen molar-refractivity contribution < 1.29 is 23.8 Å². The van der Waals surface area contributed by atoms with E-state index in [2.05, 4.69) is 19.9 Å². The lowest BCUT2D eigenvalue weighted by Crippen LogP contribution is -2.41. The molecule has 0 spiro atoms. The van der Waals surface area contributed by atoms with Crippen LogP contribution in [-0.4, -0.2) is 41.1 Å². The molecule has 3 aliphatic carbocycles. The minimum absolute atomic E-state index is 0.0321. The minimum Gasteiger partial charge on any atom is -0.493 e. The average molecular weight is 470 g/mol. The lowest BCUT2D eigenvalue weighted by atomic mass is 9.60. The fraction of sp³-hybridized carbons (Fsp3) is 0.643. The Hall–Kier alpha value is -2.37. The molecule has 1 N–H and O–H groups in total. The van der Waals surface area contributed by atoms with Crippen molar-refractivity contribution >= 4 is 11.9 Å². The summed E-state index contributed by atoms with van der Waals surface area (Å²) in [7, 11) is 0. The number of halogens is 1. The molecule has 4 aliphatic rings. The number of allylic oxidation sites excluding steroid dienone is 2. The van der Waals surface area contributed by atoms with Crippen LogP contribution in [0.3, 0.4) is 0 Å². The summed E-state index contributed by atoms with van der Waals surface area (Å²) in [5.74, 6) is -0.0146. The average Bonchev–Trinajstić information content (AvgIpc) is 3.55. The van der Waals surface area contributed by atoms with E-state index < -0.39 is 23.7 Å². The quantitative estimate of drug-likeness (QED) is 0.536. The van der Waals surface area contributed by atoms with Crippen molar-refractivity contribution in [2.75, 3.05) is 13.2 Å². The Balaban J connectivity index is 1.39. The van der Waals surface area contributed by atoms with Crippen LogP contribution in [-0.2, 0) is 4.79 Å². The number of nitrogens with zero attached hydrogens (tertiary/aromatic N) is 1. The van der Waals surface area contributed by atoms with Crippen LogP contribution in [0.15, 0.2) is 23.8 Å². The molecule has 1 saturated heterocycles. The summed E-state index contributed by atoms with van der Waals surface area (Å²) >= 11 is 0. The van der Waals surface area contributed by atoms with E-state index in [0.717, 1.165) is 37.7 Å². The number of carbonyl (C=O) groups is 2. The Bertz CT molecular complexity index is 1030. The molecule has 1 aromatic carbocycles. The number of amides is 1. The SMILES string of the molecule is CC1=CCC2(COc3cc(F)c(C(=O)N4C[C@H](C)C[C@H]4C(=O)O)cc3C3CC3)CC(C)CC1C2. The third-order valence-corrected chi connectivity index (χ3v) is 8.59. The fourth-order valence-electron chi connectivity index (χ4n) is 6.70. The summed E-state index contributed by atoms with van der Waals surface area (Å²) in [4.78, 5) is 26.2. The molecule has 2 saturated carbocycles. The second-order valence-corrected chi connectivity index (χ2v) is 11.7. The van der Waals surface area contributed by atoms with Crippen molar-refractivity contribution in [1.82, 2.24) is 4.90 Å². The van der Waals surface area contributed by atoms with Gasteiger partial charge < -0.3 is 14.7 Å². The number of hydrogen-bond donors (Lipinski definition) is 1. The number of likely N-dealkylation sites (tertiary alicyclic amines) is 1. The van der Waals surface area contributed by atoms with Gasteiger partial charge in [-0.15, -0.1) is 0 Å². The number of carboxylic acid groups (broad SMARTS) is 1. The van der Waals surface area contributed by atoms with E-state index in [9.17, 15) is 14.7 Å². The van der Waals surface area contributed by atoms with E-state index in [1.165, 1.54) is 23.0 Å². The maximum Gasteiger partial charge on any atom is 0.326 e. The molecule has 34 heavy (non-hydrogen) atoms. The van der Waals surface area contributed by atoms with Crippen LogP contribution >= 0.6 is 0 Å². The van der Waals surface area contributed by atoms with Crippen LogP contribution < -0.4 is 4.74 Å². The van der Waals surface area contributed by atoms with Gasteiger partial charge in [0, 0.05) is 18.0 Å². The molecule has 1 heterocycles. The Morgan fingerprint density at radius 2 is 1.91 bits per heavy atom. The molecule has 2 bridgehead atoms. The standard InChI is InChI=1S/C28H36FNO4/c1-16-8-20-13-28(12-16,7-6-18(20)3)15-34-25-11-23(29)22(10-21(25)19-4-5-19)26(31)30-14-17(2)9-24(30)27(32)33/h6,10-11,16-17,19-20,24H,4-5,7-9,12-15H2,1-3H3,(H,32,33)/t16?,17-,20?,24+,28?/m1/s1. The van der Waals surface area contributed by atoms with Gasteiger partial charge in [-0.25, -0.2) is 9.18 Å². The number of hydrogen-bond acceptors (Lipinski definition) is 3. The number of aliphatic carboxylic acids is 1. The molecule has 5 rings (SSSR count). The normalized spacial score (nSPS) is 32.9. The second kappa shape index (κ2) is 8.69. The molecule has 184 valence electrons. The van der Waals surface area contributed by atoms with E-state index in [1.807, 2.05) is 6.92 Å². The van der Waals surface area contributed by atoms with Crippen LogP contribution in [0.1, 0.15) is 87.6 Å². The number of carboxylic acids is 1. The van der Waals surface area contributed by atoms with Gasteiger partial charge in [0.15, 0.2) is 0 Å². The Morgan fingerprint density at radius 3 is 2.62 bits per heavy atom. The van der Waals surface area contributed by atoms with Gasteiger partial charge in [-0.3, -0.25) is 4.79 Å². The smallest absolute Gasteiger partial charge is 0.326 e. The summed E-state index contributed by atoms with van der Waals surface area (Å²) < 4.78 is 21.7. The summed E-state index contributed by atoms with van der Waals surface area (Å²) in [6.07, 6.45) is 9.24. The molecule has 3 fully saturated rings. The first-order chi connectivity index (χ1) is 16.2. The van der Waals surface area contributed by atoms with Crippen molar-refractivity contribution in [2.24, 2.45) is 23.2 Å².